The summed E-state index contributed by atoms with van der Waals surface area (Å²) in [4.78, 5) is 4.97. The third-order valence-electron chi connectivity index (χ3n) is 5.14. The molecule has 2 atom stereocenters. The highest BCUT2D eigenvalue weighted by Gasteiger charge is 2.37. The molecule has 1 fully saturated rings. The fourth-order valence-corrected chi connectivity index (χ4v) is 3.99. The molecule has 130 valence electrons. The molecule has 0 unspecified atom stereocenters. The highest BCUT2D eigenvalue weighted by atomic mass is 35.5. The number of hydrogen-bond donors (Lipinski definition) is 1. The van der Waals surface area contributed by atoms with E-state index in [1.807, 2.05) is 12.1 Å². The van der Waals surface area contributed by atoms with Gasteiger partial charge in [0.2, 0.25) is 0 Å². The minimum atomic E-state index is 0. The molecule has 1 N–H and O–H groups in total. The number of halogens is 2. The molecule has 1 saturated heterocycles. The van der Waals surface area contributed by atoms with Crippen LogP contribution in [0.15, 0.2) is 48.5 Å². The van der Waals surface area contributed by atoms with Crippen LogP contribution in [0.5, 0.6) is 5.75 Å². The Labute approximate surface area is 156 Å². The summed E-state index contributed by atoms with van der Waals surface area (Å²) in [5, 5.41) is 10.5. The molecule has 0 aromatic heterocycles. The summed E-state index contributed by atoms with van der Waals surface area (Å²) in [5.74, 6) is 0.705. The molecule has 4 rings (SSSR count). The van der Waals surface area contributed by atoms with E-state index in [4.69, 9.17) is 0 Å². The van der Waals surface area contributed by atoms with Gasteiger partial charge in [-0.05, 0) is 24.2 Å². The van der Waals surface area contributed by atoms with Crippen LogP contribution < -0.4 is 0 Å². The van der Waals surface area contributed by atoms with Crippen molar-refractivity contribution in [2.45, 2.75) is 12.0 Å². The Bertz CT molecular complexity index is 680. The lowest BCUT2D eigenvalue weighted by atomic mass is 9.80. The first-order valence-corrected chi connectivity index (χ1v) is 8.03. The Balaban J connectivity index is 0.00000104. The topological polar surface area (TPSA) is 26.7 Å². The van der Waals surface area contributed by atoms with Gasteiger partial charge in [-0.2, -0.15) is 0 Å². The summed E-state index contributed by atoms with van der Waals surface area (Å²) >= 11 is 0. The zero-order valence-electron chi connectivity index (χ0n) is 13.8. The van der Waals surface area contributed by atoms with Gasteiger partial charge in [-0.1, -0.05) is 42.5 Å². The molecule has 3 nitrogen and oxygen atoms in total. The number of phenols is 1. The van der Waals surface area contributed by atoms with Crippen LogP contribution in [0.3, 0.4) is 0 Å². The Morgan fingerprint density at radius 3 is 2.42 bits per heavy atom. The molecule has 2 aliphatic rings. The minimum Gasteiger partial charge on any atom is -0.508 e. The van der Waals surface area contributed by atoms with Crippen molar-refractivity contribution >= 4 is 24.8 Å². The van der Waals surface area contributed by atoms with Gasteiger partial charge < -0.3 is 10.0 Å². The standard InChI is InChI=1S/C19H22N2O.2ClH/c1-20-10-11-21-12-16(14-6-3-2-4-7-14)19-15(17(21)13-20)8-5-9-18(19)22;;/h2-9,16-17,22H,10-13H2,1H3;2*1H/t16-,17+;;/m0../s1. The van der Waals surface area contributed by atoms with Gasteiger partial charge in [0.1, 0.15) is 5.75 Å². The molecular weight excluding hydrogens is 343 g/mol. The second kappa shape index (κ2) is 7.75. The zero-order chi connectivity index (χ0) is 15.1. The van der Waals surface area contributed by atoms with E-state index >= 15 is 0 Å². The van der Waals surface area contributed by atoms with Crippen LogP contribution in [0, 0.1) is 0 Å². The van der Waals surface area contributed by atoms with Crippen LogP contribution in [-0.4, -0.2) is 48.1 Å². The third kappa shape index (κ3) is 3.27. The molecular formula is C19H24Cl2N2O. The molecule has 2 aromatic rings. The van der Waals surface area contributed by atoms with Gasteiger partial charge in [0, 0.05) is 43.7 Å². The lowest BCUT2D eigenvalue weighted by molar-refractivity contribution is 0.0766. The maximum atomic E-state index is 10.5. The summed E-state index contributed by atoms with van der Waals surface area (Å²) in [7, 11) is 2.18. The van der Waals surface area contributed by atoms with Crippen LogP contribution in [0.4, 0.5) is 0 Å². The minimum absolute atomic E-state index is 0. The van der Waals surface area contributed by atoms with Crippen molar-refractivity contribution in [3.63, 3.8) is 0 Å². The van der Waals surface area contributed by atoms with Crippen molar-refractivity contribution in [1.29, 1.82) is 0 Å². The predicted molar refractivity (Wildman–Crippen MR) is 103 cm³/mol. The average molecular weight is 367 g/mol. The van der Waals surface area contributed by atoms with Gasteiger partial charge in [-0.3, -0.25) is 4.90 Å². The summed E-state index contributed by atoms with van der Waals surface area (Å²) in [6.45, 7) is 4.25. The van der Waals surface area contributed by atoms with Crippen molar-refractivity contribution in [1.82, 2.24) is 9.80 Å². The molecule has 2 aliphatic heterocycles. The van der Waals surface area contributed by atoms with Crippen molar-refractivity contribution in [2.24, 2.45) is 0 Å². The maximum Gasteiger partial charge on any atom is 0.119 e. The van der Waals surface area contributed by atoms with Crippen LogP contribution in [0.25, 0.3) is 0 Å². The molecule has 0 bridgehead atoms. The highest BCUT2D eigenvalue weighted by Crippen LogP contribution is 2.44. The Morgan fingerprint density at radius 2 is 1.67 bits per heavy atom. The summed E-state index contributed by atoms with van der Waals surface area (Å²) in [5.41, 5.74) is 3.72. The molecule has 24 heavy (non-hydrogen) atoms. The quantitative estimate of drug-likeness (QED) is 0.833. The van der Waals surface area contributed by atoms with Gasteiger partial charge in [0.15, 0.2) is 0 Å². The van der Waals surface area contributed by atoms with E-state index in [0.29, 0.717) is 11.8 Å². The van der Waals surface area contributed by atoms with E-state index in [2.05, 4.69) is 53.2 Å². The monoisotopic (exact) mass is 366 g/mol. The first-order chi connectivity index (χ1) is 10.7. The van der Waals surface area contributed by atoms with E-state index in [1.54, 1.807) is 0 Å². The fraction of sp³-hybridized carbons (Fsp3) is 0.368. The lowest BCUT2D eigenvalue weighted by Crippen LogP contribution is -2.50. The van der Waals surface area contributed by atoms with Crippen molar-refractivity contribution in [3.8, 4) is 5.75 Å². The van der Waals surface area contributed by atoms with Gasteiger partial charge >= 0.3 is 0 Å². The molecule has 2 aromatic carbocycles. The Hall–Kier alpha value is -1.26. The number of phenolic OH excluding ortho intramolecular Hbond substituents is 1. The smallest absolute Gasteiger partial charge is 0.119 e. The van der Waals surface area contributed by atoms with E-state index < -0.39 is 0 Å². The van der Waals surface area contributed by atoms with Gasteiger partial charge in [0.25, 0.3) is 0 Å². The summed E-state index contributed by atoms with van der Waals surface area (Å²) in [6.07, 6.45) is 0. The average Bonchev–Trinajstić information content (AvgIpc) is 2.55. The first kappa shape index (κ1) is 19.1. The highest BCUT2D eigenvalue weighted by molar-refractivity contribution is 5.85. The molecule has 0 spiro atoms. The molecule has 0 radical (unpaired) electrons. The maximum absolute atomic E-state index is 10.5. The van der Waals surface area contributed by atoms with E-state index in [0.717, 1.165) is 31.7 Å². The van der Waals surface area contributed by atoms with Gasteiger partial charge in [0.05, 0.1) is 0 Å². The summed E-state index contributed by atoms with van der Waals surface area (Å²) < 4.78 is 0. The first-order valence-electron chi connectivity index (χ1n) is 8.03. The lowest BCUT2D eigenvalue weighted by Gasteiger charge is -2.46. The number of benzene rings is 2. The number of aromatic hydroxyl groups is 1. The van der Waals surface area contributed by atoms with Crippen LogP contribution in [0.2, 0.25) is 0 Å². The largest absolute Gasteiger partial charge is 0.508 e. The van der Waals surface area contributed by atoms with E-state index in [1.165, 1.54) is 11.1 Å². The predicted octanol–water partition coefficient (Wildman–Crippen LogP) is 3.67. The van der Waals surface area contributed by atoms with Crippen molar-refractivity contribution < 1.29 is 5.11 Å². The van der Waals surface area contributed by atoms with Crippen molar-refractivity contribution in [3.05, 3.63) is 65.2 Å². The molecule has 2 heterocycles. The number of rotatable bonds is 1. The van der Waals surface area contributed by atoms with Gasteiger partial charge in [-0.25, -0.2) is 0 Å². The van der Waals surface area contributed by atoms with E-state index in [9.17, 15) is 5.11 Å². The Morgan fingerprint density at radius 1 is 0.917 bits per heavy atom. The van der Waals surface area contributed by atoms with Crippen molar-refractivity contribution in [2.75, 3.05) is 33.2 Å². The second-order valence-corrected chi connectivity index (χ2v) is 6.52. The molecule has 0 aliphatic carbocycles. The number of piperazine rings is 1. The number of likely N-dealkylation sites (N-methyl/N-ethyl adjacent to an activating group) is 1. The second-order valence-electron chi connectivity index (χ2n) is 6.52. The molecule has 5 heteroatoms. The van der Waals surface area contributed by atoms with Crippen LogP contribution in [0.1, 0.15) is 28.7 Å². The molecule has 0 amide bonds. The normalized spacial score (nSPS) is 23.4. The number of nitrogens with zero attached hydrogens (tertiary/aromatic N) is 2. The SMILES string of the molecule is CN1CCN2C[C@@H](c3ccccc3)c3c(O)cccc3[C@H]2C1.Cl.Cl. The fourth-order valence-electron chi connectivity index (χ4n) is 3.99. The number of hydrogen-bond acceptors (Lipinski definition) is 3. The number of fused-ring (bicyclic) bond motifs is 3. The van der Waals surface area contributed by atoms with Gasteiger partial charge in [-0.15, -0.1) is 24.8 Å². The molecule has 0 saturated carbocycles. The van der Waals surface area contributed by atoms with Crippen LogP contribution >= 0.6 is 24.8 Å². The Kier molecular flexibility index (Phi) is 6.16. The van der Waals surface area contributed by atoms with E-state index in [-0.39, 0.29) is 30.7 Å². The third-order valence-corrected chi connectivity index (χ3v) is 5.14. The zero-order valence-corrected chi connectivity index (χ0v) is 15.4. The van der Waals surface area contributed by atoms with Crippen LogP contribution in [-0.2, 0) is 0 Å². The summed E-state index contributed by atoms with van der Waals surface area (Å²) in [6, 6.07) is 17.0.